The van der Waals surface area contributed by atoms with Crippen LogP contribution in [0.4, 0.5) is 0 Å². The number of rotatable bonds is 5. The van der Waals surface area contributed by atoms with Crippen molar-refractivity contribution in [2.45, 2.75) is 39.3 Å². The van der Waals surface area contributed by atoms with E-state index in [9.17, 15) is 9.90 Å². The van der Waals surface area contributed by atoms with E-state index in [1.807, 2.05) is 6.92 Å². The van der Waals surface area contributed by atoms with Crippen molar-refractivity contribution in [3.8, 4) is 5.75 Å². The van der Waals surface area contributed by atoms with Crippen LogP contribution in [0.2, 0.25) is 5.02 Å². The number of aromatic hydroxyl groups is 1. The Morgan fingerprint density at radius 3 is 2.95 bits per heavy atom. The Labute approximate surface area is 130 Å². The number of ketones is 1. The number of piperidine rings is 1. The zero-order valence-corrected chi connectivity index (χ0v) is 13.3. The second-order valence-electron chi connectivity index (χ2n) is 5.47. The topological polar surface area (TPSA) is 49.8 Å². The van der Waals surface area contributed by atoms with Gasteiger partial charge in [0.15, 0.2) is 5.78 Å². The molecule has 1 aromatic rings. The molecule has 0 aromatic heterocycles. The second-order valence-corrected chi connectivity index (χ2v) is 5.91. The number of halogens is 1. The Balaban J connectivity index is 2.13. The summed E-state index contributed by atoms with van der Waals surface area (Å²) in [7, 11) is 0. The minimum absolute atomic E-state index is 0.0467. The summed E-state index contributed by atoms with van der Waals surface area (Å²) in [6, 6.07) is 3.25. The zero-order chi connectivity index (χ0) is 15.4. The van der Waals surface area contributed by atoms with Gasteiger partial charge in [-0.3, -0.25) is 9.69 Å². The average molecular weight is 312 g/mol. The normalized spacial score (nSPS) is 19.7. The molecule has 1 aliphatic rings. The number of ether oxygens (including phenoxy) is 1. The van der Waals surface area contributed by atoms with Crippen LogP contribution in [0.25, 0.3) is 0 Å². The third kappa shape index (κ3) is 4.19. The van der Waals surface area contributed by atoms with Gasteiger partial charge >= 0.3 is 0 Å². The number of carbonyl (C=O) groups is 1. The van der Waals surface area contributed by atoms with Gasteiger partial charge in [0.25, 0.3) is 0 Å². The third-order valence-electron chi connectivity index (χ3n) is 3.79. The van der Waals surface area contributed by atoms with Crippen LogP contribution in [0.15, 0.2) is 12.1 Å². The van der Waals surface area contributed by atoms with Crippen molar-refractivity contribution in [3.05, 3.63) is 28.3 Å². The van der Waals surface area contributed by atoms with Crippen LogP contribution >= 0.6 is 11.6 Å². The SMILES string of the molecule is CCOC1CCCN(Cc2cc(Cl)cc(C(C)=O)c2O)C1. The van der Waals surface area contributed by atoms with E-state index < -0.39 is 0 Å². The van der Waals surface area contributed by atoms with Crippen LogP contribution in [-0.4, -0.2) is 41.6 Å². The van der Waals surface area contributed by atoms with Crippen molar-refractivity contribution >= 4 is 17.4 Å². The lowest BCUT2D eigenvalue weighted by atomic mass is 10.0. The van der Waals surface area contributed by atoms with Crippen LogP contribution in [0.1, 0.15) is 42.6 Å². The fraction of sp³-hybridized carbons (Fsp3) is 0.562. The Hall–Kier alpha value is -1.10. The fourth-order valence-corrected chi connectivity index (χ4v) is 3.05. The number of Topliss-reactive ketones (excluding diaryl/α,β-unsaturated/α-hetero) is 1. The van der Waals surface area contributed by atoms with E-state index in [0.717, 1.165) is 32.5 Å². The molecule has 1 atom stereocenters. The quantitative estimate of drug-likeness (QED) is 0.848. The van der Waals surface area contributed by atoms with E-state index >= 15 is 0 Å². The smallest absolute Gasteiger partial charge is 0.163 e. The van der Waals surface area contributed by atoms with Crippen molar-refractivity contribution in [3.63, 3.8) is 0 Å². The van der Waals surface area contributed by atoms with Gasteiger partial charge in [-0.2, -0.15) is 0 Å². The first-order valence-electron chi connectivity index (χ1n) is 7.37. The Bertz CT molecular complexity index is 516. The molecule has 0 amide bonds. The Morgan fingerprint density at radius 1 is 1.52 bits per heavy atom. The molecule has 2 rings (SSSR count). The lowest BCUT2D eigenvalue weighted by molar-refractivity contribution is 0.00345. The van der Waals surface area contributed by atoms with Gasteiger partial charge in [0, 0.05) is 30.3 Å². The highest BCUT2D eigenvalue weighted by atomic mass is 35.5. The summed E-state index contributed by atoms with van der Waals surface area (Å²) in [5.41, 5.74) is 0.987. The number of benzene rings is 1. The van der Waals surface area contributed by atoms with E-state index in [1.54, 1.807) is 6.07 Å². The van der Waals surface area contributed by atoms with Crippen molar-refractivity contribution in [1.82, 2.24) is 4.90 Å². The lowest BCUT2D eigenvalue weighted by Gasteiger charge is -2.32. The number of phenolic OH excluding ortho intramolecular Hbond substituents is 1. The number of hydrogen-bond acceptors (Lipinski definition) is 4. The van der Waals surface area contributed by atoms with Crippen molar-refractivity contribution in [1.29, 1.82) is 0 Å². The van der Waals surface area contributed by atoms with Gasteiger partial charge in [0.05, 0.1) is 11.7 Å². The fourth-order valence-electron chi connectivity index (χ4n) is 2.81. The van der Waals surface area contributed by atoms with Crippen LogP contribution < -0.4 is 0 Å². The second kappa shape index (κ2) is 7.25. The Morgan fingerprint density at radius 2 is 2.29 bits per heavy atom. The first-order valence-corrected chi connectivity index (χ1v) is 7.75. The number of phenols is 1. The van der Waals surface area contributed by atoms with Gasteiger partial charge in [-0.15, -0.1) is 0 Å². The number of carbonyl (C=O) groups excluding carboxylic acids is 1. The molecule has 116 valence electrons. The van der Waals surface area contributed by atoms with Gasteiger partial charge in [-0.1, -0.05) is 11.6 Å². The van der Waals surface area contributed by atoms with Crippen LogP contribution in [-0.2, 0) is 11.3 Å². The third-order valence-corrected chi connectivity index (χ3v) is 4.01. The molecule has 1 heterocycles. The van der Waals surface area contributed by atoms with E-state index in [0.29, 0.717) is 17.1 Å². The maximum atomic E-state index is 11.5. The molecular formula is C16H22ClNO3. The zero-order valence-electron chi connectivity index (χ0n) is 12.6. The average Bonchev–Trinajstić information content (AvgIpc) is 2.43. The maximum absolute atomic E-state index is 11.5. The van der Waals surface area contributed by atoms with E-state index in [2.05, 4.69) is 4.90 Å². The predicted molar refractivity (Wildman–Crippen MR) is 83.0 cm³/mol. The van der Waals surface area contributed by atoms with Gasteiger partial charge < -0.3 is 9.84 Å². The molecule has 0 aliphatic carbocycles. The summed E-state index contributed by atoms with van der Waals surface area (Å²) in [6.07, 6.45) is 2.40. The van der Waals surface area contributed by atoms with E-state index in [-0.39, 0.29) is 23.2 Å². The molecular weight excluding hydrogens is 290 g/mol. The molecule has 1 aromatic carbocycles. The largest absolute Gasteiger partial charge is 0.507 e. The van der Waals surface area contributed by atoms with Gasteiger partial charge in [-0.25, -0.2) is 0 Å². The standard InChI is InChI=1S/C16H22ClNO3/c1-3-21-14-5-4-6-18(10-14)9-12-7-13(17)8-15(11(2)19)16(12)20/h7-8,14,20H,3-6,9-10H2,1-2H3. The van der Waals surface area contributed by atoms with Crippen molar-refractivity contribution in [2.24, 2.45) is 0 Å². The van der Waals surface area contributed by atoms with Crippen LogP contribution in [0.3, 0.4) is 0 Å². The minimum atomic E-state index is -0.179. The highest BCUT2D eigenvalue weighted by molar-refractivity contribution is 6.31. The summed E-state index contributed by atoms with van der Waals surface area (Å²) in [6.45, 7) is 6.54. The number of hydrogen-bond donors (Lipinski definition) is 1. The number of nitrogens with zero attached hydrogens (tertiary/aromatic N) is 1. The van der Waals surface area contributed by atoms with E-state index in [4.69, 9.17) is 16.3 Å². The first kappa shape index (κ1) is 16.3. The minimum Gasteiger partial charge on any atom is -0.507 e. The first-order chi connectivity index (χ1) is 10.0. The number of likely N-dealkylation sites (tertiary alicyclic amines) is 1. The van der Waals surface area contributed by atoms with Crippen LogP contribution in [0.5, 0.6) is 5.75 Å². The summed E-state index contributed by atoms with van der Waals surface area (Å²) in [5, 5.41) is 10.7. The van der Waals surface area contributed by atoms with Gasteiger partial charge in [-0.05, 0) is 45.4 Å². The molecule has 21 heavy (non-hydrogen) atoms. The van der Waals surface area contributed by atoms with E-state index in [1.165, 1.54) is 13.0 Å². The molecule has 0 bridgehead atoms. The molecule has 0 radical (unpaired) electrons. The monoisotopic (exact) mass is 311 g/mol. The van der Waals surface area contributed by atoms with Crippen LogP contribution in [0, 0.1) is 0 Å². The molecule has 5 heteroatoms. The molecule has 0 spiro atoms. The molecule has 4 nitrogen and oxygen atoms in total. The lowest BCUT2D eigenvalue weighted by Crippen LogP contribution is -2.39. The highest BCUT2D eigenvalue weighted by Gasteiger charge is 2.22. The molecule has 1 unspecified atom stereocenters. The Kier molecular flexibility index (Phi) is 5.62. The molecule has 1 aliphatic heterocycles. The summed E-state index contributed by atoms with van der Waals surface area (Å²) in [5.74, 6) is -0.132. The molecule has 1 saturated heterocycles. The highest BCUT2D eigenvalue weighted by Crippen LogP contribution is 2.29. The molecule has 0 saturated carbocycles. The summed E-state index contributed by atoms with van der Waals surface area (Å²) >= 11 is 6.06. The maximum Gasteiger partial charge on any atom is 0.163 e. The van der Waals surface area contributed by atoms with Gasteiger partial charge in [0.2, 0.25) is 0 Å². The van der Waals surface area contributed by atoms with Crippen molar-refractivity contribution in [2.75, 3.05) is 19.7 Å². The molecule has 1 fully saturated rings. The van der Waals surface area contributed by atoms with Crippen molar-refractivity contribution < 1.29 is 14.6 Å². The summed E-state index contributed by atoms with van der Waals surface area (Å²) < 4.78 is 5.68. The van der Waals surface area contributed by atoms with Gasteiger partial charge in [0.1, 0.15) is 5.75 Å². The summed E-state index contributed by atoms with van der Waals surface area (Å²) in [4.78, 5) is 13.8. The molecule has 1 N–H and O–H groups in total. The predicted octanol–water partition coefficient (Wildman–Crippen LogP) is 3.25.